The summed E-state index contributed by atoms with van der Waals surface area (Å²) in [4.78, 5) is 19.1. The third-order valence-electron chi connectivity index (χ3n) is 3.18. The van der Waals surface area contributed by atoms with Crippen molar-refractivity contribution in [2.75, 3.05) is 11.9 Å². The molecule has 0 fully saturated rings. The van der Waals surface area contributed by atoms with Crippen LogP contribution in [0.5, 0.6) is 0 Å². The van der Waals surface area contributed by atoms with E-state index in [0.717, 1.165) is 16.3 Å². The maximum Gasteiger partial charge on any atom is 0.305 e. The molecule has 7 nitrogen and oxygen atoms in total. The van der Waals surface area contributed by atoms with Crippen LogP contribution in [0.4, 0.5) is 5.82 Å². The third-order valence-corrected chi connectivity index (χ3v) is 3.18. The molecule has 0 aliphatic rings. The highest BCUT2D eigenvalue weighted by atomic mass is 16.5. The molecule has 2 N–H and O–H groups in total. The number of pyridine rings is 1. The van der Waals surface area contributed by atoms with E-state index in [1.807, 2.05) is 24.3 Å². The van der Waals surface area contributed by atoms with Crippen molar-refractivity contribution in [2.45, 2.75) is 13.3 Å². The molecule has 0 amide bonds. The number of hydrogen-bond donors (Lipinski definition) is 2. The minimum absolute atomic E-state index is 0.0296. The van der Waals surface area contributed by atoms with Crippen LogP contribution in [0.15, 0.2) is 35.0 Å². The van der Waals surface area contributed by atoms with Gasteiger partial charge in [0.2, 0.25) is 11.7 Å². The fraction of sp³-hybridized carbons (Fsp3) is 0.200. The molecule has 0 bridgehead atoms. The molecule has 0 saturated carbocycles. The van der Waals surface area contributed by atoms with Gasteiger partial charge in [-0.25, -0.2) is 4.98 Å². The van der Waals surface area contributed by atoms with E-state index in [2.05, 4.69) is 20.4 Å². The van der Waals surface area contributed by atoms with Crippen LogP contribution in [0, 0.1) is 6.92 Å². The van der Waals surface area contributed by atoms with E-state index < -0.39 is 5.97 Å². The number of anilines is 1. The van der Waals surface area contributed by atoms with Gasteiger partial charge in [0, 0.05) is 30.6 Å². The van der Waals surface area contributed by atoms with Gasteiger partial charge in [-0.05, 0) is 17.5 Å². The van der Waals surface area contributed by atoms with Gasteiger partial charge in [0.15, 0.2) is 0 Å². The summed E-state index contributed by atoms with van der Waals surface area (Å²) in [5, 5.41) is 17.5. The molecule has 3 rings (SSSR count). The molecule has 1 aromatic carbocycles. The van der Waals surface area contributed by atoms with Crippen LogP contribution in [0.2, 0.25) is 0 Å². The highest BCUT2D eigenvalue weighted by Gasteiger charge is 2.09. The zero-order valence-electron chi connectivity index (χ0n) is 11.9. The van der Waals surface area contributed by atoms with Crippen LogP contribution in [-0.2, 0) is 4.79 Å². The summed E-state index contributed by atoms with van der Waals surface area (Å²) >= 11 is 0. The highest BCUT2D eigenvalue weighted by molar-refractivity contribution is 5.94. The number of carbonyl (C=O) groups is 1. The second-order valence-electron chi connectivity index (χ2n) is 4.80. The minimum atomic E-state index is -0.851. The summed E-state index contributed by atoms with van der Waals surface area (Å²) in [5.74, 6) is 0.803. The Morgan fingerprint density at radius 3 is 2.95 bits per heavy atom. The average Bonchev–Trinajstić information content (AvgIpc) is 2.93. The van der Waals surface area contributed by atoms with Gasteiger partial charge >= 0.3 is 5.97 Å². The lowest BCUT2D eigenvalue weighted by Crippen LogP contribution is -2.08. The van der Waals surface area contributed by atoms with Crippen molar-refractivity contribution in [3.05, 3.63) is 36.4 Å². The van der Waals surface area contributed by atoms with Crippen LogP contribution >= 0.6 is 0 Å². The van der Waals surface area contributed by atoms with Crippen LogP contribution in [-0.4, -0.2) is 32.7 Å². The lowest BCUT2D eigenvalue weighted by Gasteiger charge is -2.08. The lowest BCUT2D eigenvalue weighted by atomic mass is 10.1. The first kappa shape index (κ1) is 14.0. The molecule has 3 aromatic rings. The fourth-order valence-corrected chi connectivity index (χ4v) is 2.15. The van der Waals surface area contributed by atoms with E-state index >= 15 is 0 Å². The third kappa shape index (κ3) is 2.88. The van der Waals surface area contributed by atoms with Gasteiger partial charge in [-0.2, -0.15) is 4.98 Å². The van der Waals surface area contributed by atoms with Crippen LogP contribution in [0.1, 0.15) is 12.3 Å². The summed E-state index contributed by atoms with van der Waals surface area (Å²) < 4.78 is 4.99. The Kier molecular flexibility index (Phi) is 3.69. The number of hydrogen-bond acceptors (Lipinski definition) is 6. The molecule has 112 valence electrons. The van der Waals surface area contributed by atoms with Crippen molar-refractivity contribution < 1.29 is 14.4 Å². The van der Waals surface area contributed by atoms with Gasteiger partial charge in [0.1, 0.15) is 5.82 Å². The van der Waals surface area contributed by atoms with Gasteiger partial charge < -0.3 is 14.9 Å². The van der Waals surface area contributed by atoms with Gasteiger partial charge in [0.25, 0.3) is 0 Å². The van der Waals surface area contributed by atoms with Crippen molar-refractivity contribution in [3.63, 3.8) is 0 Å². The molecule has 2 aromatic heterocycles. The Balaban J connectivity index is 1.96. The number of benzene rings is 1. The molecular weight excluding hydrogens is 284 g/mol. The zero-order valence-corrected chi connectivity index (χ0v) is 11.9. The van der Waals surface area contributed by atoms with Crippen molar-refractivity contribution in [1.29, 1.82) is 0 Å². The second-order valence-corrected chi connectivity index (χ2v) is 4.80. The summed E-state index contributed by atoms with van der Waals surface area (Å²) in [7, 11) is 0. The first-order chi connectivity index (χ1) is 10.6. The summed E-state index contributed by atoms with van der Waals surface area (Å²) in [6.45, 7) is 2.05. The predicted molar refractivity (Wildman–Crippen MR) is 80.5 cm³/mol. The Bertz CT molecular complexity index is 829. The van der Waals surface area contributed by atoms with E-state index in [0.29, 0.717) is 24.1 Å². The Morgan fingerprint density at radius 1 is 1.36 bits per heavy atom. The number of aromatic nitrogens is 3. The Labute approximate surface area is 126 Å². The summed E-state index contributed by atoms with van der Waals surface area (Å²) in [6.07, 6.45) is 1.71. The standard InChI is InChI=1S/C15H14N4O3/c1-9-18-14(19-22-9)11-3-2-10-4-6-16-15(12(10)8-11)17-7-5-13(20)21/h2-4,6,8H,5,7H2,1H3,(H,16,17)(H,20,21). The van der Waals surface area contributed by atoms with Gasteiger partial charge in [-0.1, -0.05) is 17.3 Å². The summed E-state index contributed by atoms with van der Waals surface area (Å²) in [6, 6.07) is 7.66. The lowest BCUT2D eigenvalue weighted by molar-refractivity contribution is -0.136. The van der Waals surface area contributed by atoms with E-state index in [-0.39, 0.29) is 6.42 Å². The normalized spacial score (nSPS) is 10.8. The number of carboxylic acid groups (broad SMARTS) is 1. The topological polar surface area (TPSA) is 101 Å². The number of nitrogens with zero attached hydrogens (tertiary/aromatic N) is 3. The zero-order chi connectivity index (χ0) is 15.5. The molecule has 0 unspecified atom stereocenters. The number of aryl methyl sites for hydroxylation is 1. The smallest absolute Gasteiger partial charge is 0.305 e. The van der Waals surface area contributed by atoms with Crippen LogP contribution < -0.4 is 5.32 Å². The maximum atomic E-state index is 10.6. The van der Waals surface area contributed by atoms with Gasteiger partial charge in [-0.15, -0.1) is 0 Å². The maximum absolute atomic E-state index is 10.6. The summed E-state index contributed by atoms with van der Waals surface area (Å²) in [5.41, 5.74) is 0.818. The largest absolute Gasteiger partial charge is 0.481 e. The fourth-order valence-electron chi connectivity index (χ4n) is 2.15. The molecule has 0 saturated heterocycles. The molecule has 0 aliphatic heterocycles. The SMILES string of the molecule is Cc1nc(-c2ccc3ccnc(NCCC(=O)O)c3c2)no1. The Hall–Kier alpha value is -2.96. The molecule has 0 radical (unpaired) electrons. The second kappa shape index (κ2) is 5.80. The number of nitrogens with one attached hydrogen (secondary N) is 1. The van der Waals surface area contributed by atoms with Crippen molar-refractivity contribution >= 4 is 22.6 Å². The molecule has 0 aliphatic carbocycles. The van der Waals surface area contributed by atoms with Gasteiger partial charge in [0.05, 0.1) is 6.42 Å². The van der Waals surface area contributed by atoms with E-state index in [9.17, 15) is 4.79 Å². The van der Waals surface area contributed by atoms with Crippen molar-refractivity contribution in [3.8, 4) is 11.4 Å². The highest BCUT2D eigenvalue weighted by Crippen LogP contribution is 2.26. The van der Waals surface area contributed by atoms with Gasteiger partial charge in [-0.3, -0.25) is 4.79 Å². The number of fused-ring (bicyclic) bond motifs is 1. The van der Waals surface area contributed by atoms with E-state index in [4.69, 9.17) is 9.63 Å². The minimum Gasteiger partial charge on any atom is -0.481 e. The molecular formula is C15H14N4O3. The molecule has 22 heavy (non-hydrogen) atoms. The number of aliphatic carboxylic acids is 1. The monoisotopic (exact) mass is 298 g/mol. The first-order valence-corrected chi connectivity index (χ1v) is 6.78. The number of carboxylic acids is 1. The molecule has 7 heteroatoms. The quantitative estimate of drug-likeness (QED) is 0.746. The molecule has 2 heterocycles. The van der Waals surface area contributed by atoms with E-state index in [1.54, 1.807) is 13.1 Å². The van der Waals surface area contributed by atoms with E-state index in [1.165, 1.54) is 0 Å². The van der Waals surface area contributed by atoms with Crippen LogP contribution in [0.25, 0.3) is 22.2 Å². The Morgan fingerprint density at radius 2 is 2.23 bits per heavy atom. The molecule has 0 atom stereocenters. The van der Waals surface area contributed by atoms with Crippen LogP contribution in [0.3, 0.4) is 0 Å². The predicted octanol–water partition coefficient (Wildman–Crippen LogP) is 2.48. The average molecular weight is 298 g/mol. The van der Waals surface area contributed by atoms with Crippen molar-refractivity contribution in [1.82, 2.24) is 15.1 Å². The first-order valence-electron chi connectivity index (χ1n) is 6.78. The molecule has 0 spiro atoms. The van der Waals surface area contributed by atoms with Crippen molar-refractivity contribution in [2.24, 2.45) is 0 Å². The number of rotatable bonds is 5.